The van der Waals surface area contributed by atoms with Crippen LogP contribution in [0.4, 0.5) is 5.69 Å². The second kappa shape index (κ2) is 5.35. The fourth-order valence-electron chi connectivity index (χ4n) is 3.77. The van der Waals surface area contributed by atoms with Crippen LogP contribution in [0.5, 0.6) is 0 Å². The molecule has 1 nitrogen and oxygen atoms in total. The Balaban J connectivity index is 1.57. The summed E-state index contributed by atoms with van der Waals surface area (Å²) in [7, 11) is 0. The van der Waals surface area contributed by atoms with E-state index in [1.165, 1.54) is 44.0 Å². The smallest absolute Gasteiger partial charge is 0.188 e. The van der Waals surface area contributed by atoms with Gasteiger partial charge in [0.2, 0.25) is 5.69 Å². The number of hydrogen-bond donors (Lipinski definition) is 0. The van der Waals surface area contributed by atoms with Gasteiger partial charge in [0, 0.05) is 17.0 Å². The number of thioether (sulfide) groups is 1. The number of fused-ring (bicyclic) bond motifs is 4. The van der Waals surface area contributed by atoms with Crippen molar-refractivity contribution in [3.63, 3.8) is 0 Å². The highest BCUT2D eigenvalue weighted by molar-refractivity contribution is 7.99. The third kappa shape index (κ3) is 2.14. The molecular weight excluding hydrogens is 310 g/mol. The van der Waals surface area contributed by atoms with Gasteiger partial charge in [0.05, 0.1) is 5.56 Å². The maximum absolute atomic E-state index is 2.37. The lowest BCUT2D eigenvalue weighted by molar-refractivity contribution is -0.411. The van der Waals surface area contributed by atoms with Crippen LogP contribution in [-0.4, -0.2) is 16.7 Å². The summed E-state index contributed by atoms with van der Waals surface area (Å²) in [5, 5.41) is 0. The average molecular weight is 328 g/mol. The summed E-state index contributed by atoms with van der Waals surface area (Å²) in [6, 6.07) is 22.2. The molecule has 0 aromatic heterocycles. The first-order valence-corrected chi connectivity index (χ1v) is 9.33. The molecular formula is C22H18NS+. The molecule has 3 aromatic carbocycles. The lowest BCUT2D eigenvalue weighted by Crippen LogP contribution is -2.13. The van der Waals surface area contributed by atoms with Crippen LogP contribution in [0.2, 0.25) is 0 Å². The minimum atomic E-state index is 0.976. The highest BCUT2D eigenvalue weighted by Gasteiger charge is 2.23. The summed E-state index contributed by atoms with van der Waals surface area (Å²) in [5.74, 6) is 0.976. The Bertz CT molecular complexity index is 1000. The quantitative estimate of drug-likeness (QED) is 0.423. The first kappa shape index (κ1) is 14.1. The molecule has 1 aliphatic carbocycles. The first-order chi connectivity index (χ1) is 11.8. The molecule has 1 heterocycles. The van der Waals surface area contributed by atoms with Gasteiger partial charge in [-0.05, 0) is 53.3 Å². The summed E-state index contributed by atoms with van der Waals surface area (Å²) < 4.78 is 2.37. The van der Waals surface area contributed by atoms with Crippen molar-refractivity contribution >= 4 is 23.7 Å². The number of hydrogen-bond acceptors (Lipinski definition) is 1. The van der Waals surface area contributed by atoms with Gasteiger partial charge in [-0.2, -0.15) is 4.58 Å². The predicted molar refractivity (Wildman–Crippen MR) is 102 cm³/mol. The van der Waals surface area contributed by atoms with Crippen molar-refractivity contribution in [2.75, 3.05) is 5.88 Å². The largest absolute Gasteiger partial charge is 0.206 e. The third-order valence-corrected chi connectivity index (χ3v) is 6.25. The average Bonchev–Trinajstić information content (AvgIpc) is 2.99. The lowest BCUT2D eigenvalue weighted by Gasteiger charge is -2.14. The van der Waals surface area contributed by atoms with Crippen LogP contribution in [0.3, 0.4) is 0 Å². The molecule has 0 saturated heterocycles. The standard InChI is InChI=1S/C22H18NS/c1-15-5-4-7-17-13-23(14-24-22(15)17)19-9-10-21-18(12-19)11-16-6-2-3-8-20(16)21/h2-10,12-13H,11,14H2,1H3/q+1. The maximum Gasteiger partial charge on any atom is 0.206 e. The number of aryl methyl sites for hydroxylation is 1. The maximum atomic E-state index is 2.37. The summed E-state index contributed by atoms with van der Waals surface area (Å²) in [4.78, 5) is 1.42. The molecule has 0 radical (unpaired) electrons. The van der Waals surface area contributed by atoms with Gasteiger partial charge in [-0.1, -0.05) is 48.2 Å². The number of nitrogens with zero attached hydrogens (tertiary/aromatic N) is 1. The van der Waals surface area contributed by atoms with Crippen molar-refractivity contribution in [2.24, 2.45) is 0 Å². The fourth-order valence-corrected chi connectivity index (χ4v) is 4.85. The van der Waals surface area contributed by atoms with Crippen LogP contribution < -0.4 is 0 Å². The molecule has 0 saturated carbocycles. The molecule has 0 atom stereocenters. The summed E-state index contributed by atoms with van der Waals surface area (Å²) in [5.41, 5.74) is 9.69. The fraction of sp³-hybridized carbons (Fsp3) is 0.136. The Morgan fingerprint density at radius 2 is 1.75 bits per heavy atom. The minimum Gasteiger partial charge on any atom is -0.188 e. The Morgan fingerprint density at radius 3 is 2.71 bits per heavy atom. The number of benzene rings is 3. The van der Waals surface area contributed by atoms with Crippen molar-refractivity contribution in [1.29, 1.82) is 0 Å². The van der Waals surface area contributed by atoms with Crippen LogP contribution in [-0.2, 0) is 6.42 Å². The molecule has 0 fully saturated rings. The molecule has 0 N–H and O–H groups in total. The Kier molecular flexibility index (Phi) is 3.14. The Labute approximate surface area is 146 Å². The van der Waals surface area contributed by atoms with Crippen LogP contribution in [0, 0.1) is 6.92 Å². The summed E-state index contributed by atoms with van der Waals surface area (Å²) in [6.07, 6.45) is 3.35. The Hall–Kier alpha value is -2.32. The van der Waals surface area contributed by atoms with E-state index in [0.717, 1.165) is 12.3 Å². The van der Waals surface area contributed by atoms with E-state index in [9.17, 15) is 0 Å². The van der Waals surface area contributed by atoms with Gasteiger partial charge in [-0.25, -0.2) is 0 Å². The second-order valence-corrected chi connectivity index (χ2v) is 7.50. The van der Waals surface area contributed by atoms with E-state index < -0.39 is 0 Å². The molecule has 24 heavy (non-hydrogen) atoms. The minimum absolute atomic E-state index is 0.976. The topological polar surface area (TPSA) is 3.01 Å². The van der Waals surface area contributed by atoms with Crippen molar-refractivity contribution in [2.45, 2.75) is 18.2 Å². The highest BCUT2D eigenvalue weighted by atomic mass is 32.2. The third-order valence-electron chi connectivity index (χ3n) is 4.99. The normalized spacial score (nSPS) is 14.6. The van der Waals surface area contributed by atoms with E-state index in [1.807, 2.05) is 11.8 Å². The molecule has 5 rings (SSSR count). The van der Waals surface area contributed by atoms with Crippen molar-refractivity contribution in [3.8, 4) is 11.1 Å². The molecule has 116 valence electrons. The van der Waals surface area contributed by atoms with Gasteiger partial charge in [-0.15, -0.1) is 0 Å². The zero-order chi connectivity index (χ0) is 16.1. The number of rotatable bonds is 1. The van der Waals surface area contributed by atoms with Crippen LogP contribution >= 0.6 is 11.8 Å². The van der Waals surface area contributed by atoms with Crippen molar-refractivity contribution < 1.29 is 4.58 Å². The van der Waals surface area contributed by atoms with E-state index in [4.69, 9.17) is 0 Å². The van der Waals surface area contributed by atoms with E-state index >= 15 is 0 Å². The van der Waals surface area contributed by atoms with E-state index in [2.05, 4.69) is 78.4 Å². The van der Waals surface area contributed by atoms with E-state index in [1.54, 1.807) is 0 Å². The van der Waals surface area contributed by atoms with Gasteiger partial charge in [0.25, 0.3) is 0 Å². The van der Waals surface area contributed by atoms with Gasteiger partial charge in [-0.3, -0.25) is 0 Å². The zero-order valence-corrected chi connectivity index (χ0v) is 14.4. The lowest BCUT2D eigenvalue weighted by atomic mass is 10.1. The van der Waals surface area contributed by atoms with Crippen molar-refractivity contribution in [1.82, 2.24) is 0 Å². The molecule has 3 aromatic rings. The second-order valence-electron chi connectivity index (χ2n) is 6.54. The van der Waals surface area contributed by atoms with Gasteiger partial charge in [0.15, 0.2) is 12.1 Å². The first-order valence-electron chi connectivity index (χ1n) is 8.35. The predicted octanol–water partition coefficient (Wildman–Crippen LogP) is 5.39. The molecule has 2 heteroatoms. The van der Waals surface area contributed by atoms with E-state index in [-0.39, 0.29) is 0 Å². The molecule has 0 unspecified atom stereocenters. The SMILES string of the molecule is Cc1cccc2c1SC[N+](c1ccc3c(c1)Cc1ccccc1-3)=C2. The van der Waals surface area contributed by atoms with Crippen molar-refractivity contribution in [3.05, 3.63) is 82.9 Å². The monoisotopic (exact) mass is 328 g/mol. The van der Waals surface area contributed by atoms with Crippen LogP contribution in [0.25, 0.3) is 11.1 Å². The van der Waals surface area contributed by atoms with E-state index in [0.29, 0.717) is 0 Å². The van der Waals surface area contributed by atoms with Crippen LogP contribution in [0.1, 0.15) is 22.3 Å². The highest BCUT2D eigenvalue weighted by Crippen LogP contribution is 2.39. The van der Waals surface area contributed by atoms with Gasteiger partial charge < -0.3 is 0 Å². The molecule has 2 aliphatic rings. The Morgan fingerprint density at radius 1 is 0.875 bits per heavy atom. The summed E-state index contributed by atoms with van der Waals surface area (Å²) >= 11 is 1.93. The van der Waals surface area contributed by atoms with Gasteiger partial charge in [0.1, 0.15) is 0 Å². The molecule has 0 amide bonds. The molecule has 0 bridgehead atoms. The van der Waals surface area contributed by atoms with Gasteiger partial charge >= 0.3 is 0 Å². The zero-order valence-electron chi connectivity index (χ0n) is 13.6. The molecule has 1 aliphatic heterocycles. The molecule has 0 spiro atoms. The van der Waals surface area contributed by atoms with Crippen LogP contribution in [0.15, 0.2) is 65.6 Å². The summed E-state index contributed by atoms with van der Waals surface area (Å²) in [6.45, 7) is 2.20.